The molecule has 6 heteroatoms. The lowest BCUT2D eigenvalue weighted by Gasteiger charge is -2.28. The van der Waals surface area contributed by atoms with E-state index < -0.39 is 40.1 Å². The summed E-state index contributed by atoms with van der Waals surface area (Å²) in [6, 6.07) is 5.13. The lowest BCUT2D eigenvalue weighted by molar-refractivity contribution is -0.166. The molecule has 1 aromatic carbocycles. The monoisotopic (exact) mass is 348 g/mol. The molecule has 0 amide bonds. The Bertz CT molecular complexity index is 754. The van der Waals surface area contributed by atoms with E-state index in [-0.39, 0.29) is 24.4 Å². The highest BCUT2D eigenvalue weighted by Crippen LogP contribution is 2.80. The average molecular weight is 348 g/mol. The highest BCUT2D eigenvalue weighted by molar-refractivity contribution is 6.19. The molecule has 0 aromatic heterocycles. The maximum absolute atomic E-state index is 13.3. The second-order valence-corrected chi connectivity index (χ2v) is 7.12. The molecule has 0 radical (unpaired) electrons. The van der Waals surface area contributed by atoms with Crippen molar-refractivity contribution in [2.45, 2.75) is 39.7 Å². The number of benzene rings is 1. The number of Topliss-reactive ketones (excluding diaryl/α,β-unsaturated/α-hetero) is 1. The number of cyclic esters (lactones) is 1. The molecule has 3 atom stereocenters. The quantitative estimate of drug-likeness (QED) is 0.465. The average Bonchev–Trinajstić information content (AvgIpc) is 3.15. The van der Waals surface area contributed by atoms with Crippen LogP contribution in [0.5, 0.6) is 0 Å². The molecule has 1 saturated carbocycles. The van der Waals surface area contributed by atoms with Gasteiger partial charge in [0.05, 0.1) is 12.0 Å². The minimum atomic E-state index is -1.62. The van der Waals surface area contributed by atoms with E-state index in [0.717, 1.165) is 0 Å². The molecule has 5 nitrogen and oxygen atoms in total. The normalized spacial score (nSPS) is 31.9. The Hall–Kier alpha value is -2.24. The van der Waals surface area contributed by atoms with Gasteiger partial charge in [-0.3, -0.25) is 14.4 Å². The molecule has 134 valence electrons. The number of ether oxygens (including phenoxy) is 2. The lowest BCUT2D eigenvalue weighted by atomic mass is 9.81. The van der Waals surface area contributed by atoms with Crippen LogP contribution in [0.4, 0.5) is 4.39 Å². The molecular weight excluding hydrogens is 327 g/mol. The largest absolute Gasteiger partial charge is 0.465 e. The predicted octanol–water partition coefficient (Wildman–Crippen LogP) is 2.92. The van der Waals surface area contributed by atoms with Crippen LogP contribution in [0.15, 0.2) is 24.3 Å². The van der Waals surface area contributed by atoms with Crippen LogP contribution in [0, 0.1) is 22.6 Å². The number of ketones is 1. The van der Waals surface area contributed by atoms with Gasteiger partial charge in [0.2, 0.25) is 0 Å². The fourth-order valence-electron chi connectivity index (χ4n) is 4.77. The summed E-state index contributed by atoms with van der Waals surface area (Å²) in [5.41, 5.74) is -3.54. The lowest BCUT2D eigenvalue weighted by Crippen LogP contribution is -2.40. The molecule has 1 aliphatic heterocycles. The van der Waals surface area contributed by atoms with Crippen LogP contribution in [0.3, 0.4) is 0 Å². The molecule has 0 unspecified atom stereocenters. The summed E-state index contributed by atoms with van der Waals surface area (Å²) in [6.07, 6.45) is 0.283. The van der Waals surface area contributed by atoms with Gasteiger partial charge >= 0.3 is 11.9 Å². The minimum Gasteiger partial charge on any atom is -0.465 e. The molecule has 1 saturated heterocycles. The zero-order valence-electron chi connectivity index (χ0n) is 14.7. The Kier molecular flexibility index (Phi) is 3.78. The van der Waals surface area contributed by atoms with Crippen molar-refractivity contribution in [1.29, 1.82) is 0 Å². The zero-order valence-corrected chi connectivity index (χ0v) is 14.7. The summed E-state index contributed by atoms with van der Waals surface area (Å²) in [6.45, 7) is 6.92. The van der Waals surface area contributed by atoms with Gasteiger partial charge in [0, 0.05) is 11.5 Å². The van der Waals surface area contributed by atoms with Crippen LogP contribution in [0.25, 0.3) is 0 Å². The predicted molar refractivity (Wildman–Crippen MR) is 86.2 cm³/mol. The summed E-state index contributed by atoms with van der Waals surface area (Å²) >= 11 is 0. The van der Waals surface area contributed by atoms with E-state index >= 15 is 0 Å². The molecule has 1 heterocycles. The third kappa shape index (κ3) is 1.96. The molecule has 25 heavy (non-hydrogen) atoms. The standard InChI is InChI=1S/C19H21FO5/c1-5-18(13(21)11-7-9-12(20)10-8-11)14-17(3,4)25-16(23)19(14,18)15(22)24-6-2/h7-10,14H,5-6H2,1-4H3/t14-,18-,19-/m1/s1. The van der Waals surface area contributed by atoms with E-state index in [1.807, 2.05) is 0 Å². The van der Waals surface area contributed by atoms with Gasteiger partial charge < -0.3 is 9.47 Å². The Balaban J connectivity index is 2.14. The molecule has 1 aromatic rings. The van der Waals surface area contributed by atoms with E-state index in [4.69, 9.17) is 9.47 Å². The van der Waals surface area contributed by atoms with Gasteiger partial charge in [-0.05, 0) is 51.5 Å². The summed E-state index contributed by atoms with van der Waals surface area (Å²) in [5, 5.41) is 0. The second-order valence-electron chi connectivity index (χ2n) is 7.12. The second kappa shape index (κ2) is 5.38. The van der Waals surface area contributed by atoms with Crippen LogP contribution in [-0.4, -0.2) is 29.9 Å². The van der Waals surface area contributed by atoms with Crippen LogP contribution < -0.4 is 0 Å². The maximum Gasteiger partial charge on any atom is 0.325 e. The Labute approximate surface area is 145 Å². The van der Waals surface area contributed by atoms with Crippen LogP contribution in [0.1, 0.15) is 44.5 Å². The molecule has 3 rings (SSSR count). The summed E-state index contributed by atoms with van der Waals surface area (Å²) in [7, 11) is 0. The van der Waals surface area contributed by atoms with Crippen molar-refractivity contribution in [3.63, 3.8) is 0 Å². The van der Waals surface area contributed by atoms with Crippen molar-refractivity contribution in [3.05, 3.63) is 35.6 Å². The van der Waals surface area contributed by atoms with Gasteiger partial charge in [-0.1, -0.05) is 6.92 Å². The van der Waals surface area contributed by atoms with Gasteiger partial charge in [-0.2, -0.15) is 0 Å². The summed E-state index contributed by atoms with van der Waals surface area (Å²) in [4.78, 5) is 38.7. The number of rotatable bonds is 5. The number of fused-ring (bicyclic) bond motifs is 1. The number of hydrogen-bond donors (Lipinski definition) is 0. The van der Waals surface area contributed by atoms with E-state index in [0.29, 0.717) is 0 Å². The van der Waals surface area contributed by atoms with E-state index in [9.17, 15) is 18.8 Å². The van der Waals surface area contributed by atoms with Crippen LogP contribution >= 0.6 is 0 Å². The van der Waals surface area contributed by atoms with Gasteiger partial charge in [0.15, 0.2) is 11.2 Å². The van der Waals surface area contributed by atoms with E-state index in [2.05, 4.69) is 0 Å². The van der Waals surface area contributed by atoms with Crippen molar-refractivity contribution >= 4 is 17.7 Å². The van der Waals surface area contributed by atoms with Crippen molar-refractivity contribution < 1.29 is 28.2 Å². The Morgan fingerprint density at radius 1 is 1.20 bits per heavy atom. The third-order valence-corrected chi connectivity index (χ3v) is 5.59. The third-order valence-electron chi connectivity index (χ3n) is 5.59. The molecule has 1 aliphatic carbocycles. The highest BCUT2D eigenvalue weighted by atomic mass is 19.1. The topological polar surface area (TPSA) is 69.7 Å². The van der Waals surface area contributed by atoms with E-state index in [1.165, 1.54) is 24.3 Å². The number of esters is 2. The van der Waals surface area contributed by atoms with Crippen molar-refractivity contribution in [2.75, 3.05) is 6.61 Å². The number of halogens is 1. The fourth-order valence-corrected chi connectivity index (χ4v) is 4.77. The molecule has 0 N–H and O–H groups in total. The van der Waals surface area contributed by atoms with Gasteiger partial charge in [0.1, 0.15) is 11.4 Å². The maximum atomic E-state index is 13.3. The molecule has 2 fully saturated rings. The smallest absolute Gasteiger partial charge is 0.325 e. The Morgan fingerprint density at radius 3 is 2.32 bits per heavy atom. The van der Waals surface area contributed by atoms with Crippen LogP contribution in [-0.2, 0) is 19.1 Å². The molecular formula is C19H21FO5. The minimum absolute atomic E-state index is 0.103. The number of hydrogen-bond acceptors (Lipinski definition) is 5. The number of carbonyl (C=O) groups excluding carboxylic acids is 3. The molecule has 0 spiro atoms. The van der Waals surface area contributed by atoms with E-state index in [1.54, 1.807) is 27.7 Å². The van der Waals surface area contributed by atoms with Crippen LogP contribution in [0.2, 0.25) is 0 Å². The first kappa shape index (κ1) is 17.6. The van der Waals surface area contributed by atoms with Gasteiger partial charge in [-0.25, -0.2) is 4.39 Å². The van der Waals surface area contributed by atoms with Gasteiger partial charge in [-0.15, -0.1) is 0 Å². The first-order chi connectivity index (χ1) is 11.7. The molecule has 0 bridgehead atoms. The zero-order chi connectivity index (χ0) is 18.6. The summed E-state index contributed by atoms with van der Waals surface area (Å²) in [5.74, 6) is -2.84. The van der Waals surface area contributed by atoms with Crippen molar-refractivity contribution in [1.82, 2.24) is 0 Å². The fraction of sp³-hybridized carbons (Fsp3) is 0.526. The summed E-state index contributed by atoms with van der Waals surface area (Å²) < 4.78 is 23.7. The van der Waals surface area contributed by atoms with Gasteiger partial charge in [0.25, 0.3) is 0 Å². The first-order valence-corrected chi connectivity index (χ1v) is 8.41. The van der Waals surface area contributed by atoms with Crippen molar-refractivity contribution in [3.8, 4) is 0 Å². The van der Waals surface area contributed by atoms with Crippen molar-refractivity contribution in [2.24, 2.45) is 16.7 Å². The molecule has 2 aliphatic rings. The number of carbonyl (C=O) groups is 3. The SMILES string of the molecule is CCOC(=O)[C@@]12C(=O)OC(C)(C)[C@@H]1[C@@]2(CC)C(=O)c1ccc(F)cc1. The Morgan fingerprint density at radius 2 is 1.80 bits per heavy atom. The highest BCUT2D eigenvalue weighted by Gasteiger charge is 2.95. The first-order valence-electron chi connectivity index (χ1n) is 8.41.